The van der Waals surface area contributed by atoms with Crippen molar-refractivity contribution in [1.29, 1.82) is 0 Å². The van der Waals surface area contributed by atoms with Crippen LogP contribution in [0.15, 0.2) is 96.1 Å². The molecule has 5 rings (SSSR count). The van der Waals surface area contributed by atoms with E-state index in [1.165, 1.54) is 21.8 Å². The van der Waals surface area contributed by atoms with Gasteiger partial charge in [-0.25, -0.2) is 5.01 Å². The quantitative estimate of drug-likeness (QED) is 0.185. The summed E-state index contributed by atoms with van der Waals surface area (Å²) in [7, 11) is 3.33. The number of nitrogens with zero attached hydrogens (tertiary/aromatic N) is 3. The summed E-state index contributed by atoms with van der Waals surface area (Å²) in [6.45, 7) is 4.45. The van der Waals surface area contributed by atoms with E-state index >= 15 is 0 Å². The van der Waals surface area contributed by atoms with Crippen molar-refractivity contribution in [3.05, 3.63) is 96.6 Å². The monoisotopic (exact) mass is 463 g/mol. The second-order valence-electron chi connectivity index (χ2n) is 8.71. The summed E-state index contributed by atoms with van der Waals surface area (Å²) in [6.07, 6.45) is 1.91. The fourth-order valence-electron chi connectivity index (χ4n) is 4.51. The van der Waals surface area contributed by atoms with Gasteiger partial charge in [-0.05, 0) is 86.1 Å². The number of fused-ring (bicyclic) bond motifs is 3. The number of methoxy groups -OCH3 is 2. The van der Waals surface area contributed by atoms with Crippen LogP contribution in [0.4, 0.5) is 11.4 Å². The third kappa shape index (κ3) is 4.33. The first kappa shape index (κ1) is 22.5. The van der Waals surface area contributed by atoms with Crippen LogP contribution < -0.4 is 14.5 Å². The molecule has 0 unspecified atom stereocenters. The van der Waals surface area contributed by atoms with Crippen molar-refractivity contribution in [3.8, 4) is 11.5 Å². The number of ether oxygens (including phenoxy) is 2. The van der Waals surface area contributed by atoms with Crippen LogP contribution in [0.3, 0.4) is 0 Å². The molecule has 0 bridgehead atoms. The van der Waals surface area contributed by atoms with E-state index in [0.717, 1.165) is 28.4 Å². The van der Waals surface area contributed by atoms with Gasteiger partial charge in [0, 0.05) is 27.8 Å². The van der Waals surface area contributed by atoms with Gasteiger partial charge in [0.15, 0.2) is 0 Å². The highest BCUT2D eigenvalue weighted by atomic mass is 16.5. The van der Waals surface area contributed by atoms with Gasteiger partial charge in [-0.3, -0.25) is 0 Å². The summed E-state index contributed by atoms with van der Waals surface area (Å²) in [4.78, 5) is 0. The van der Waals surface area contributed by atoms with Crippen LogP contribution in [-0.2, 0) is 0 Å². The number of hydrazone groups is 1. The number of benzene rings is 4. The Morgan fingerprint density at radius 3 is 1.86 bits per heavy atom. The summed E-state index contributed by atoms with van der Waals surface area (Å²) in [5.74, 6) is 1.61. The Morgan fingerprint density at radius 1 is 0.714 bits per heavy atom. The normalized spacial score (nSPS) is 11.6. The summed E-state index contributed by atoms with van der Waals surface area (Å²) in [5.41, 5.74) is 5.40. The topological polar surface area (TPSA) is 39.0 Å². The molecule has 5 heteroatoms. The maximum absolute atomic E-state index is 5.33. The minimum absolute atomic E-state index is 0.373. The SMILES string of the molecule is COc1ccc(N(/N=C/c2ccc3c(c2)c2ccccc2n3C(C)C)c2ccc(OC)cc2)cc1. The van der Waals surface area contributed by atoms with Crippen LogP contribution in [0.25, 0.3) is 21.8 Å². The maximum Gasteiger partial charge on any atom is 0.119 e. The molecule has 5 nitrogen and oxygen atoms in total. The third-order valence-electron chi connectivity index (χ3n) is 6.21. The minimum Gasteiger partial charge on any atom is -0.497 e. The molecule has 0 aliphatic rings. The van der Waals surface area contributed by atoms with Crippen molar-refractivity contribution in [2.45, 2.75) is 19.9 Å². The zero-order chi connectivity index (χ0) is 24.4. The molecule has 0 saturated heterocycles. The molecule has 0 saturated carbocycles. The van der Waals surface area contributed by atoms with Crippen LogP contribution >= 0.6 is 0 Å². The van der Waals surface area contributed by atoms with E-state index in [9.17, 15) is 0 Å². The van der Waals surface area contributed by atoms with Gasteiger partial charge in [0.1, 0.15) is 11.5 Å². The molecule has 0 fully saturated rings. The van der Waals surface area contributed by atoms with Gasteiger partial charge < -0.3 is 14.0 Å². The molecule has 0 aliphatic heterocycles. The van der Waals surface area contributed by atoms with Gasteiger partial charge in [-0.15, -0.1) is 0 Å². The van der Waals surface area contributed by atoms with Crippen molar-refractivity contribution in [2.24, 2.45) is 5.10 Å². The van der Waals surface area contributed by atoms with Crippen molar-refractivity contribution in [2.75, 3.05) is 19.2 Å². The van der Waals surface area contributed by atoms with E-state index < -0.39 is 0 Å². The molecule has 176 valence electrons. The number of rotatable bonds is 7. The molecule has 4 aromatic carbocycles. The molecule has 0 atom stereocenters. The fraction of sp³-hybridized carbons (Fsp3) is 0.167. The summed E-state index contributed by atoms with van der Waals surface area (Å²) in [5, 5.41) is 9.30. The molecule has 5 aromatic rings. The molecule has 0 aliphatic carbocycles. The van der Waals surface area contributed by atoms with Crippen LogP contribution in [0, 0.1) is 0 Å². The van der Waals surface area contributed by atoms with Gasteiger partial charge in [0.2, 0.25) is 0 Å². The summed E-state index contributed by atoms with van der Waals surface area (Å²) in [6, 6.07) is 31.3. The smallest absolute Gasteiger partial charge is 0.119 e. The predicted molar refractivity (Wildman–Crippen MR) is 146 cm³/mol. The molecule has 1 aromatic heterocycles. The van der Waals surface area contributed by atoms with Gasteiger partial charge in [0.05, 0.1) is 31.8 Å². The van der Waals surface area contributed by atoms with E-state index in [-0.39, 0.29) is 0 Å². The standard InChI is InChI=1S/C30H29N3O2/c1-21(2)32-29-8-6-5-7-27(29)28-19-22(9-18-30(28)32)20-31-33(23-10-14-25(34-3)15-11-23)24-12-16-26(35-4)17-13-24/h5-21H,1-4H3/b31-20+. The Bertz CT molecular complexity index is 1440. The average molecular weight is 464 g/mol. The highest BCUT2D eigenvalue weighted by Gasteiger charge is 2.13. The molecule has 0 N–H and O–H groups in total. The van der Waals surface area contributed by atoms with Crippen molar-refractivity contribution >= 4 is 39.4 Å². The molecule has 35 heavy (non-hydrogen) atoms. The van der Waals surface area contributed by atoms with E-state index in [0.29, 0.717) is 6.04 Å². The predicted octanol–water partition coefficient (Wildman–Crippen LogP) is 7.56. The number of para-hydroxylation sites is 1. The van der Waals surface area contributed by atoms with E-state index in [4.69, 9.17) is 14.6 Å². The first-order valence-corrected chi connectivity index (χ1v) is 11.7. The second kappa shape index (κ2) is 9.55. The molecular weight excluding hydrogens is 434 g/mol. The number of aromatic nitrogens is 1. The Kier molecular flexibility index (Phi) is 6.15. The lowest BCUT2D eigenvalue weighted by Crippen LogP contribution is -2.09. The van der Waals surface area contributed by atoms with Crippen molar-refractivity contribution < 1.29 is 9.47 Å². The Hall–Kier alpha value is -4.25. The molecule has 0 spiro atoms. The van der Waals surface area contributed by atoms with Crippen LogP contribution in [0.5, 0.6) is 11.5 Å². The first-order chi connectivity index (χ1) is 17.1. The lowest BCUT2D eigenvalue weighted by atomic mass is 10.1. The van der Waals surface area contributed by atoms with Crippen LogP contribution in [-0.4, -0.2) is 25.0 Å². The molecule has 0 radical (unpaired) electrons. The van der Waals surface area contributed by atoms with Crippen LogP contribution in [0.1, 0.15) is 25.5 Å². The van der Waals surface area contributed by atoms with E-state index in [2.05, 4.69) is 60.9 Å². The molecular formula is C30H29N3O2. The largest absolute Gasteiger partial charge is 0.497 e. The van der Waals surface area contributed by atoms with Gasteiger partial charge in [-0.1, -0.05) is 24.3 Å². The second-order valence-corrected chi connectivity index (χ2v) is 8.71. The third-order valence-corrected chi connectivity index (χ3v) is 6.21. The number of hydrogen-bond donors (Lipinski definition) is 0. The van der Waals surface area contributed by atoms with Gasteiger partial charge >= 0.3 is 0 Å². The van der Waals surface area contributed by atoms with Crippen molar-refractivity contribution in [3.63, 3.8) is 0 Å². The van der Waals surface area contributed by atoms with E-state index in [1.807, 2.05) is 59.8 Å². The summed E-state index contributed by atoms with van der Waals surface area (Å²) < 4.78 is 13.1. The lowest BCUT2D eigenvalue weighted by Gasteiger charge is -2.20. The molecule has 1 heterocycles. The van der Waals surface area contributed by atoms with E-state index in [1.54, 1.807) is 14.2 Å². The van der Waals surface area contributed by atoms with Gasteiger partial charge in [-0.2, -0.15) is 5.10 Å². The van der Waals surface area contributed by atoms with Crippen molar-refractivity contribution in [1.82, 2.24) is 4.57 Å². The Balaban J connectivity index is 1.57. The van der Waals surface area contributed by atoms with Crippen LogP contribution in [0.2, 0.25) is 0 Å². The fourth-order valence-corrected chi connectivity index (χ4v) is 4.51. The maximum atomic E-state index is 5.33. The summed E-state index contributed by atoms with van der Waals surface area (Å²) >= 11 is 0. The van der Waals surface area contributed by atoms with Gasteiger partial charge in [0.25, 0.3) is 0 Å². The Morgan fingerprint density at radius 2 is 1.29 bits per heavy atom. The first-order valence-electron chi connectivity index (χ1n) is 11.7. The molecule has 0 amide bonds. The average Bonchev–Trinajstić information content (AvgIpc) is 3.23. The Labute approximate surface area is 205 Å². The number of anilines is 2. The minimum atomic E-state index is 0.373. The highest BCUT2D eigenvalue weighted by molar-refractivity contribution is 6.09. The zero-order valence-corrected chi connectivity index (χ0v) is 20.5. The number of hydrogen-bond acceptors (Lipinski definition) is 4. The zero-order valence-electron chi connectivity index (χ0n) is 20.5. The highest BCUT2D eigenvalue weighted by Crippen LogP contribution is 2.33. The lowest BCUT2D eigenvalue weighted by molar-refractivity contribution is 0.415.